The van der Waals surface area contributed by atoms with Gasteiger partial charge in [-0.1, -0.05) is 19.3 Å². The quantitative estimate of drug-likeness (QED) is 0.809. The van der Waals surface area contributed by atoms with Gasteiger partial charge in [0.2, 0.25) is 5.91 Å². The maximum Gasteiger partial charge on any atom is 0.220 e. The molecule has 0 aromatic rings. The smallest absolute Gasteiger partial charge is 0.220 e. The summed E-state index contributed by atoms with van der Waals surface area (Å²) in [5, 5.41) is 13.0. The van der Waals surface area contributed by atoms with E-state index in [0.29, 0.717) is 18.9 Å². The first kappa shape index (κ1) is 13.2. The van der Waals surface area contributed by atoms with Crippen molar-refractivity contribution in [3.63, 3.8) is 0 Å². The van der Waals surface area contributed by atoms with Crippen molar-refractivity contribution >= 4 is 17.7 Å². The van der Waals surface area contributed by atoms with Crippen LogP contribution in [0.1, 0.15) is 44.9 Å². The predicted octanol–water partition coefficient (Wildman–Crippen LogP) is 1.94. The average Bonchev–Trinajstić information content (AvgIpc) is 2.76. The van der Waals surface area contributed by atoms with E-state index >= 15 is 0 Å². The van der Waals surface area contributed by atoms with Gasteiger partial charge < -0.3 is 10.4 Å². The summed E-state index contributed by atoms with van der Waals surface area (Å²) >= 11 is 1.77. The molecule has 0 spiro atoms. The number of hydrogen-bond donors (Lipinski definition) is 2. The second kappa shape index (κ2) is 6.10. The van der Waals surface area contributed by atoms with Gasteiger partial charge in [0, 0.05) is 18.7 Å². The molecular formula is C13H23NO2S. The molecule has 1 unspecified atom stereocenters. The van der Waals surface area contributed by atoms with E-state index in [1.165, 1.54) is 32.1 Å². The minimum Gasteiger partial charge on any atom is -0.387 e. The molecule has 2 N–H and O–H groups in total. The molecule has 1 aliphatic heterocycles. The van der Waals surface area contributed by atoms with E-state index in [2.05, 4.69) is 5.32 Å². The number of nitrogens with one attached hydrogen (secondary N) is 1. The summed E-state index contributed by atoms with van der Waals surface area (Å²) in [5.41, 5.74) is -0.646. The molecule has 2 aliphatic rings. The van der Waals surface area contributed by atoms with Crippen LogP contribution >= 0.6 is 11.8 Å². The fourth-order valence-corrected chi connectivity index (χ4v) is 4.02. The number of carbonyl (C=O) groups is 1. The van der Waals surface area contributed by atoms with Crippen LogP contribution in [0.4, 0.5) is 0 Å². The van der Waals surface area contributed by atoms with Gasteiger partial charge in [0.05, 0.1) is 5.60 Å². The van der Waals surface area contributed by atoms with Crippen LogP contribution in [-0.2, 0) is 4.79 Å². The Balaban J connectivity index is 1.66. The van der Waals surface area contributed by atoms with Crippen LogP contribution in [0, 0.1) is 5.92 Å². The molecule has 0 radical (unpaired) electrons. The molecule has 4 heteroatoms. The van der Waals surface area contributed by atoms with Crippen molar-refractivity contribution in [2.75, 3.05) is 18.1 Å². The summed E-state index contributed by atoms with van der Waals surface area (Å²) in [4.78, 5) is 11.8. The van der Waals surface area contributed by atoms with Crippen molar-refractivity contribution in [3.8, 4) is 0 Å². The van der Waals surface area contributed by atoms with E-state index in [0.717, 1.165) is 17.9 Å². The van der Waals surface area contributed by atoms with Crippen LogP contribution < -0.4 is 5.32 Å². The Kier molecular flexibility index (Phi) is 4.74. The van der Waals surface area contributed by atoms with Crippen molar-refractivity contribution in [3.05, 3.63) is 0 Å². The van der Waals surface area contributed by atoms with E-state index in [-0.39, 0.29) is 5.91 Å². The Morgan fingerprint density at radius 3 is 2.76 bits per heavy atom. The standard InChI is InChI=1S/C13H23NO2S/c15-12(8-11-4-2-1-3-5-11)14-9-13(16)6-7-17-10-13/h11,16H,1-10H2,(H,14,15). The Bertz CT molecular complexity index is 258. The largest absolute Gasteiger partial charge is 0.387 e. The lowest BCUT2D eigenvalue weighted by molar-refractivity contribution is -0.123. The Morgan fingerprint density at radius 2 is 2.12 bits per heavy atom. The lowest BCUT2D eigenvalue weighted by Gasteiger charge is -2.24. The van der Waals surface area contributed by atoms with E-state index in [4.69, 9.17) is 0 Å². The first-order valence-corrected chi connectivity index (χ1v) is 7.90. The molecule has 2 rings (SSSR count). The van der Waals surface area contributed by atoms with Crippen molar-refractivity contribution in [1.29, 1.82) is 0 Å². The normalized spacial score (nSPS) is 30.4. The summed E-state index contributed by atoms with van der Waals surface area (Å²) in [5.74, 6) is 2.48. The third kappa shape index (κ3) is 4.18. The number of amides is 1. The fraction of sp³-hybridized carbons (Fsp3) is 0.923. The molecule has 98 valence electrons. The van der Waals surface area contributed by atoms with Crippen LogP contribution in [0.5, 0.6) is 0 Å². The van der Waals surface area contributed by atoms with Gasteiger partial charge in [-0.2, -0.15) is 11.8 Å². The zero-order valence-electron chi connectivity index (χ0n) is 10.4. The topological polar surface area (TPSA) is 49.3 Å². The molecule has 1 amide bonds. The van der Waals surface area contributed by atoms with E-state index in [9.17, 15) is 9.90 Å². The second-order valence-electron chi connectivity index (χ2n) is 5.51. The van der Waals surface area contributed by atoms with E-state index in [1.807, 2.05) is 0 Å². The predicted molar refractivity (Wildman–Crippen MR) is 71.1 cm³/mol. The second-order valence-corrected chi connectivity index (χ2v) is 6.62. The van der Waals surface area contributed by atoms with Crippen molar-refractivity contribution < 1.29 is 9.90 Å². The third-order valence-corrected chi connectivity index (χ3v) is 5.13. The van der Waals surface area contributed by atoms with Crippen molar-refractivity contribution in [2.45, 2.75) is 50.5 Å². The average molecular weight is 257 g/mol. The number of aliphatic hydroxyl groups is 1. The van der Waals surface area contributed by atoms with Gasteiger partial charge in [0.15, 0.2) is 0 Å². The Morgan fingerprint density at radius 1 is 1.35 bits per heavy atom. The molecule has 3 nitrogen and oxygen atoms in total. The molecule has 1 saturated carbocycles. The van der Waals surface area contributed by atoms with Gasteiger partial charge in [-0.3, -0.25) is 4.79 Å². The van der Waals surface area contributed by atoms with E-state index in [1.54, 1.807) is 11.8 Å². The summed E-state index contributed by atoms with van der Waals surface area (Å²) in [6, 6.07) is 0. The Labute approximate surface area is 108 Å². The van der Waals surface area contributed by atoms with Crippen molar-refractivity contribution in [1.82, 2.24) is 5.32 Å². The highest BCUT2D eigenvalue weighted by Crippen LogP contribution is 2.28. The lowest BCUT2D eigenvalue weighted by Crippen LogP contribution is -2.43. The minimum atomic E-state index is -0.646. The van der Waals surface area contributed by atoms with Gasteiger partial charge in [-0.05, 0) is 30.9 Å². The summed E-state index contributed by atoms with van der Waals surface area (Å²) in [7, 11) is 0. The van der Waals surface area contributed by atoms with Crippen LogP contribution in [0.25, 0.3) is 0 Å². The molecule has 1 atom stereocenters. The number of rotatable bonds is 4. The lowest BCUT2D eigenvalue weighted by atomic mass is 9.87. The molecule has 0 bridgehead atoms. The van der Waals surface area contributed by atoms with Crippen LogP contribution in [-0.4, -0.2) is 34.7 Å². The first-order chi connectivity index (χ1) is 8.18. The number of thioether (sulfide) groups is 1. The van der Waals surface area contributed by atoms with Gasteiger partial charge in [0.1, 0.15) is 0 Å². The molecule has 2 fully saturated rings. The molecule has 0 aromatic heterocycles. The first-order valence-electron chi connectivity index (χ1n) is 6.75. The zero-order valence-corrected chi connectivity index (χ0v) is 11.2. The number of hydrogen-bond acceptors (Lipinski definition) is 3. The minimum absolute atomic E-state index is 0.127. The Hall–Kier alpha value is -0.220. The maximum absolute atomic E-state index is 11.8. The monoisotopic (exact) mass is 257 g/mol. The van der Waals surface area contributed by atoms with Crippen molar-refractivity contribution in [2.24, 2.45) is 5.92 Å². The highest BCUT2D eigenvalue weighted by atomic mass is 32.2. The molecule has 1 saturated heterocycles. The van der Waals surface area contributed by atoms with Gasteiger partial charge in [-0.15, -0.1) is 0 Å². The zero-order chi connectivity index (χ0) is 12.1. The molecule has 1 heterocycles. The molecule has 17 heavy (non-hydrogen) atoms. The van der Waals surface area contributed by atoms with Gasteiger partial charge in [-0.25, -0.2) is 0 Å². The summed E-state index contributed by atoms with van der Waals surface area (Å²) < 4.78 is 0. The maximum atomic E-state index is 11.8. The molecule has 1 aliphatic carbocycles. The van der Waals surface area contributed by atoms with Gasteiger partial charge in [0.25, 0.3) is 0 Å². The van der Waals surface area contributed by atoms with Crippen LogP contribution in [0.15, 0.2) is 0 Å². The van der Waals surface area contributed by atoms with Crippen LogP contribution in [0.3, 0.4) is 0 Å². The molecule has 0 aromatic carbocycles. The summed E-state index contributed by atoms with van der Waals surface area (Å²) in [6.07, 6.45) is 7.75. The summed E-state index contributed by atoms with van der Waals surface area (Å²) in [6.45, 7) is 0.436. The highest BCUT2D eigenvalue weighted by molar-refractivity contribution is 7.99. The van der Waals surface area contributed by atoms with Gasteiger partial charge >= 0.3 is 0 Å². The van der Waals surface area contributed by atoms with Crippen LogP contribution in [0.2, 0.25) is 0 Å². The third-order valence-electron chi connectivity index (χ3n) is 3.90. The highest BCUT2D eigenvalue weighted by Gasteiger charge is 2.32. The van der Waals surface area contributed by atoms with E-state index < -0.39 is 5.60 Å². The molecular weight excluding hydrogens is 234 g/mol. The fourth-order valence-electron chi connectivity index (χ4n) is 2.72. The SMILES string of the molecule is O=C(CC1CCCCC1)NCC1(O)CCSC1. The number of carbonyl (C=O) groups excluding carboxylic acids is 1.